The number of nitrogens with one attached hydrogen (secondary N) is 1. The third kappa shape index (κ3) is 3.15. The summed E-state index contributed by atoms with van der Waals surface area (Å²) in [7, 11) is 0. The van der Waals surface area contributed by atoms with Gasteiger partial charge in [0.1, 0.15) is 5.82 Å². The maximum absolute atomic E-state index is 13.5. The molecule has 0 spiro atoms. The Morgan fingerprint density at radius 1 is 1.53 bits per heavy atom. The second-order valence-electron chi connectivity index (χ2n) is 3.55. The van der Waals surface area contributed by atoms with Gasteiger partial charge in [-0.05, 0) is 18.9 Å². The molecule has 15 heavy (non-hydrogen) atoms. The molecule has 0 fully saturated rings. The van der Waals surface area contributed by atoms with E-state index in [9.17, 15) is 4.39 Å². The van der Waals surface area contributed by atoms with E-state index in [-0.39, 0.29) is 11.9 Å². The summed E-state index contributed by atoms with van der Waals surface area (Å²) in [5.74, 6) is 5.19. The summed E-state index contributed by atoms with van der Waals surface area (Å²) < 4.78 is 13.5. The summed E-state index contributed by atoms with van der Waals surface area (Å²) in [4.78, 5) is 0. The van der Waals surface area contributed by atoms with Crippen molar-refractivity contribution in [3.8, 4) is 0 Å². The fourth-order valence-electron chi connectivity index (χ4n) is 1.45. The van der Waals surface area contributed by atoms with Crippen molar-refractivity contribution in [1.29, 1.82) is 0 Å². The zero-order chi connectivity index (χ0) is 11.3. The quantitative estimate of drug-likeness (QED) is 0.443. The minimum absolute atomic E-state index is 0.196. The lowest BCUT2D eigenvalue weighted by Crippen LogP contribution is -2.29. The van der Waals surface area contributed by atoms with Crippen LogP contribution in [0.2, 0.25) is 0 Å². The van der Waals surface area contributed by atoms with Crippen LogP contribution >= 0.6 is 0 Å². The van der Waals surface area contributed by atoms with Crippen LogP contribution in [-0.2, 0) is 0 Å². The first-order chi connectivity index (χ1) is 7.19. The first kappa shape index (κ1) is 11.9. The molecule has 3 heteroatoms. The van der Waals surface area contributed by atoms with Crippen LogP contribution in [0.1, 0.15) is 31.4 Å². The molecule has 1 aromatic rings. The van der Waals surface area contributed by atoms with Crippen LogP contribution in [0.5, 0.6) is 0 Å². The molecular formula is C12H17FN2. The molecule has 82 valence electrons. The Balaban J connectivity index is 2.83. The minimum Gasteiger partial charge on any atom is -0.271 e. The summed E-state index contributed by atoms with van der Waals surface area (Å²) in [5, 5.41) is 0. The zero-order valence-corrected chi connectivity index (χ0v) is 8.96. The fraction of sp³-hybridized carbons (Fsp3) is 0.333. The number of benzene rings is 1. The maximum atomic E-state index is 13.5. The van der Waals surface area contributed by atoms with Crippen LogP contribution in [0.4, 0.5) is 4.39 Å². The molecule has 0 aliphatic heterocycles. The van der Waals surface area contributed by atoms with E-state index >= 15 is 0 Å². The third-order valence-electron chi connectivity index (χ3n) is 2.47. The van der Waals surface area contributed by atoms with Crippen LogP contribution in [0.3, 0.4) is 0 Å². The average molecular weight is 208 g/mol. The topological polar surface area (TPSA) is 38.0 Å². The smallest absolute Gasteiger partial charge is 0.128 e. The van der Waals surface area contributed by atoms with Gasteiger partial charge in [-0.2, -0.15) is 0 Å². The number of nitrogens with two attached hydrogens (primary N) is 1. The van der Waals surface area contributed by atoms with Gasteiger partial charge in [0.25, 0.3) is 0 Å². The Kier molecular flexibility index (Phi) is 4.46. The second-order valence-corrected chi connectivity index (χ2v) is 3.55. The van der Waals surface area contributed by atoms with E-state index in [2.05, 4.69) is 12.0 Å². The molecule has 1 aromatic carbocycles. The maximum Gasteiger partial charge on any atom is 0.128 e. The van der Waals surface area contributed by atoms with Gasteiger partial charge in [0.2, 0.25) is 0 Å². The monoisotopic (exact) mass is 208 g/mol. The van der Waals surface area contributed by atoms with Gasteiger partial charge < -0.3 is 0 Å². The van der Waals surface area contributed by atoms with Crippen molar-refractivity contribution in [2.24, 2.45) is 5.84 Å². The number of hydrogen-bond acceptors (Lipinski definition) is 2. The number of hydrazine groups is 1. The van der Waals surface area contributed by atoms with Crippen LogP contribution in [-0.4, -0.2) is 0 Å². The minimum atomic E-state index is -0.232. The van der Waals surface area contributed by atoms with Crippen LogP contribution < -0.4 is 11.3 Å². The molecule has 1 atom stereocenters. The Morgan fingerprint density at radius 2 is 2.20 bits per heavy atom. The van der Waals surface area contributed by atoms with Crippen LogP contribution in [0.25, 0.3) is 0 Å². The van der Waals surface area contributed by atoms with Gasteiger partial charge in [-0.25, -0.2) is 4.39 Å². The van der Waals surface area contributed by atoms with Gasteiger partial charge in [-0.15, -0.1) is 0 Å². The van der Waals surface area contributed by atoms with Crippen molar-refractivity contribution in [3.05, 3.63) is 47.8 Å². The highest BCUT2D eigenvalue weighted by Gasteiger charge is 2.14. The van der Waals surface area contributed by atoms with E-state index in [0.717, 1.165) is 12.0 Å². The predicted molar refractivity (Wildman–Crippen MR) is 60.5 cm³/mol. The molecule has 0 aliphatic rings. The van der Waals surface area contributed by atoms with E-state index in [1.807, 2.05) is 6.92 Å². The normalized spacial score (nSPS) is 12.5. The SMILES string of the molecule is C=C(CC)CC(NN)c1ccccc1F. The predicted octanol–water partition coefficient (Wildman–Crippen LogP) is 2.69. The summed E-state index contributed by atoms with van der Waals surface area (Å²) in [5.41, 5.74) is 4.27. The lowest BCUT2D eigenvalue weighted by Gasteiger charge is -2.17. The van der Waals surface area contributed by atoms with Crippen molar-refractivity contribution < 1.29 is 4.39 Å². The molecule has 0 saturated heterocycles. The molecule has 0 saturated carbocycles. The summed E-state index contributed by atoms with van der Waals surface area (Å²) >= 11 is 0. The molecular weight excluding hydrogens is 191 g/mol. The van der Waals surface area contributed by atoms with Gasteiger partial charge in [-0.1, -0.05) is 37.3 Å². The molecule has 0 amide bonds. The lowest BCUT2D eigenvalue weighted by atomic mass is 9.98. The Labute approximate surface area is 90.0 Å². The van der Waals surface area contributed by atoms with Crippen LogP contribution in [0, 0.1) is 5.82 Å². The van der Waals surface area contributed by atoms with Crippen molar-refractivity contribution in [3.63, 3.8) is 0 Å². The van der Waals surface area contributed by atoms with Crippen molar-refractivity contribution >= 4 is 0 Å². The van der Waals surface area contributed by atoms with E-state index < -0.39 is 0 Å². The molecule has 1 rings (SSSR count). The molecule has 1 unspecified atom stereocenters. The van der Waals surface area contributed by atoms with Crippen LogP contribution in [0.15, 0.2) is 36.4 Å². The highest BCUT2D eigenvalue weighted by molar-refractivity contribution is 5.22. The second kappa shape index (κ2) is 5.63. The van der Waals surface area contributed by atoms with Gasteiger partial charge in [0.15, 0.2) is 0 Å². The summed E-state index contributed by atoms with van der Waals surface area (Å²) in [6.45, 7) is 5.92. The molecule has 0 aliphatic carbocycles. The molecule has 0 heterocycles. The molecule has 0 radical (unpaired) electrons. The first-order valence-corrected chi connectivity index (χ1v) is 5.06. The van der Waals surface area contributed by atoms with E-state index in [1.165, 1.54) is 6.07 Å². The third-order valence-corrected chi connectivity index (χ3v) is 2.47. The molecule has 3 N–H and O–H groups in total. The fourth-order valence-corrected chi connectivity index (χ4v) is 1.45. The number of hydrogen-bond donors (Lipinski definition) is 2. The van der Waals surface area contributed by atoms with Gasteiger partial charge in [-0.3, -0.25) is 11.3 Å². The summed E-state index contributed by atoms with van der Waals surface area (Å²) in [6, 6.07) is 6.45. The zero-order valence-electron chi connectivity index (χ0n) is 8.96. The van der Waals surface area contributed by atoms with Crippen molar-refractivity contribution in [2.45, 2.75) is 25.8 Å². The van der Waals surface area contributed by atoms with Gasteiger partial charge in [0, 0.05) is 5.56 Å². The standard InChI is InChI=1S/C12H17FN2/c1-3-9(2)8-12(15-14)10-6-4-5-7-11(10)13/h4-7,12,15H,2-3,8,14H2,1H3. The largest absolute Gasteiger partial charge is 0.271 e. The van der Waals surface area contributed by atoms with Gasteiger partial charge >= 0.3 is 0 Å². The molecule has 0 bridgehead atoms. The lowest BCUT2D eigenvalue weighted by molar-refractivity contribution is 0.506. The van der Waals surface area contributed by atoms with E-state index in [0.29, 0.717) is 12.0 Å². The van der Waals surface area contributed by atoms with Crippen molar-refractivity contribution in [1.82, 2.24) is 5.43 Å². The average Bonchev–Trinajstić information content (AvgIpc) is 2.26. The Bertz CT molecular complexity index is 336. The Hall–Kier alpha value is -1.19. The van der Waals surface area contributed by atoms with Crippen molar-refractivity contribution in [2.75, 3.05) is 0 Å². The number of halogens is 1. The number of rotatable bonds is 5. The highest BCUT2D eigenvalue weighted by Crippen LogP contribution is 2.23. The Morgan fingerprint density at radius 3 is 2.73 bits per heavy atom. The molecule has 0 aromatic heterocycles. The van der Waals surface area contributed by atoms with Gasteiger partial charge in [0.05, 0.1) is 6.04 Å². The summed E-state index contributed by atoms with van der Waals surface area (Å²) in [6.07, 6.45) is 1.54. The first-order valence-electron chi connectivity index (χ1n) is 5.06. The highest BCUT2D eigenvalue weighted by atomic mass is 19.1. The molecule has 2 nitrogen and oxygen atoms in total. The van der Waals surface area contributed by atoms with E-state index in [4.69, 9.17) is 5.84 Å². The van der Waals surface area contributed by atoms with E-state index in [1.54, 1.807) is 18.2 Å².